The molecule has 0 saturated carbocycles. The van der Waals surface area contributed by atoms with Crippen molar-refractivity contribution in [3.63, 3.8) is 0 Å². The predicted octanol–water partition coefficient (Wildman–Crippen LogP) is 1.02. The van der Waals surface area contributed by atoms with Gasteiger partial charge in [0.25, 0.3) is 5.69 Å². The molecule has 0 amide bonds. The second kappa shape index (κ2) is 5.24. The maximum absolute atomic E-state index is 12.5. The van der Waals surface area contributed by atoms with Gasteiger partial charge in [-0.25, -0.2) is 13.1 Å². The minimum Gasteiger partial charge on any atom is -0.399 e. The van der Waals surface area contributed by atoms with Crippen LogP contribution in [-0.2, 0) is 14.8 Å². The van der Waals surface area contributed by atoms with Gasteiger partial charge in [-0.1, -0.05) is 0 Å². The Kier molecular flexibility index (Phi) is 3.91. The fourth-order valence-corrected chi connectivity index (χ4v) is 3.88. The van der Waals surface area contributed by atoms with Gasteiger partial charge >= 0.3 is 0 Å². The van der Waals surface area contributed by atoms with E-state index in [-0.39, 0.29) is 11.8 Å². The van der Waals surface area contributed by atoms with Crippen LogP contribution in [-0.4, -0.2) is 31.6 Å². The van der Waals surface area contributed by atoms with Crippen molar-refractivity contribution in [2.45, 2.75) is 36.8 Å². The van der Waals surface area contributed by atoms with Gasteiger partial charge in [0.05, 0.1) is 16.6 Å². The van der Waals surface area contributed by atoms with Crippen molar-refractivity contribution in [3.8, 4) is 0 Å². The minimum absolute atomic E-state index is 0.129. The number of nitro benzene ring substituents is 1. The Morgan fingerprint density at radius 3 is 2.71 bits per heavy atom. The van der Waals surface area contributed by atoms with Gasteiger partial charge < -0.3 is 10.5 Å². The third kappa shape index (κ3) is 2.99. The Bertz CT molecular complexity index is 675. The molecule has 0 aliphatic carbocycles. The highest BCUT2D eigenvalue weighted by Gasteiger charge is 2.42. The molecule has 2 unspecified atom stereocenters. The highest BCUT2D eigenvalue weighted by Crippen LogP contribution is 2.31. The van der Waals surface area contributed by atoms with Crippen molar-refractivity contribution in [1.82, 2.24) is 4.72 Å². The average molecular weight is 315 g/mol. The molecular formula is C12H17N3O5S. The lowest BCUT2D eigenvalue weighted by Gasteiger charge is -2.28. The SMILES string of the molecule is CC1OCCC1(C)NS(=O)(=O)c1ccc(N)cc1[N+](=O)[O-]. The molecule has 21 heavy (non-hydrogen) atoms. The summed E-state index contributed by atoms with van der Waals surface area (Å²) >= 11 is 0. The van der Waals surface area contributed by atoms with Gasteiger partial charge in [-0.05, 0) is 32.4 Å². The van der Waals surface area contributed by atoms with Crippen LogP contribution in [0.25, 0.3) is 0 Å². The molecule has 0 radical (unpaired) electrons. The Morgan fingerprint density at radius 2 is 2.19 bits per heavy atom. The predicted molar refractivity (Wildman–Crippen MR) is 76.3 cm³/mol. The van der Waals surface area contributed by atoms with Crippen LogP contribution in [0.4, 0.5) is 11.4 Å². The van der Waals surface area contributed by atoms with E-state index in [9.17, 15) is 18.5 Å². The molecule has 1 aliphatic rings. The van der Waals surface area contributed by atoms with Crippen molar-refractivity contribution < 1.29 is 18.1 Å². The van der Waals surface area contributed by atoms with Crippen molar-refractivity contribution >= 4 is 21.4 Å². The number of benzene rings is 1. The largest absolute Gasteiger partial charge is 0.399 e. The quantitative estimate of drug-likeness (QED) is 0.485. The maximum Gasteiger partial charge on any atom is 0.291 e. The van der Waals surface area contributed by atoms with E-state index in [1.807, 2.05) is 0 Å². The molecule has 0 aromatic heterocycles. The minimum atomic E-state index is -4.05. The van der Waals surface area contributed by atoms with Crippen LogP contribution in [0.1, 0.15) is 20.3 Å². The lowest BCUT2D eigenvalue weighted by atomic mass is 9.97. The third-order valence-corrected chi connectivity index (χ3v) is 5.38. The van der Waals surface area contributed by atoms with Crippen molar-refractivity contribution in [1.29, 1.82) is 0 Å². The monoisotopic (exact) mass is 315 g/mol. The topological polar surface area (TPSA) is 125 Å². The van der Waals surface area contributed by atoms with E-state index < -0.39 is 31.1 Å². The molecule has 116 valence electrons. The van der Waals surface area contributed by atoms with Crippen molar-refractivity contribution in [2.24, 2.45) is 0 Å². The zero-order valence-electron chi connectivity index (χ0n) is 11.7. The molecule has 1 aromatic carbocycles. The fraction of sp³-hybridized carbons (Fsp3) is 0.500. The lowest BCUT2D eigenvalue weighted by Crippen LogP contribution is -2.50. The van der Waals surface area contributed by atoms with E-state index in [0.717, 1.165) is 12.1 Å². The molecule has 2 atom stereocenters. The number of hydrogen-bond acceptors (Lipinski definition) is 6. The molecular weight excluding hydrogens is 298 g/mol. The summed E-state index contributed by atoms with van der Waals surface area (Å²) in [4.78, 5) is 9.87. The summed E-state index contributed by atoms with van der Waals surface area (Å²) < 4.78 is 32.8. The lowest BCUT2D eigenvalue weighted by molar-refractivity contribution is -0.387. The van der Waals surface area contributed by atoms with E-state index in [1.165, 1.54) is 6.07 Å². The second-order valence-electron chi connectivity index (χ2n) is 5.27. The standard InChI is InChI=1S/C12H17N3O5S/c1-8-12(2,5-6-20-8)14-21(18,19)11-4-3-9(13)7-10(11)15(16)17/h3-4,7-8,14H,5-6,13H2,1-2H3. The Labute approximate surface area is 122 Å². The molecule has 3 N–H and O–H groups in total. The molecule has 1 aromatic rings. The van der Waals surface area contributed by atoms with Gasteiger partial charge in [0.15, 0.2) is 4.90 Å². The van der Waals surface area contributed by atoms with Crippen LogP contribution < -0.4 is 10.5 Å². The first-order valence-electron chi connectivity index (χ1n) is 6.35. The van der Waals surface area contributed by atoms with Crippen LogP contribution in [0.2, 0.25) is 0 Å². The highest BCUT2D eigenvalue weighted by molar-refractivity contribution is 7.89. The van der Waals surface area contributed by atoms with Crippen LogP contribution in [0.3, 0.4) is 0 Å². The van der Waals surface area contributed by atoms with Gasteiger partial charge in [0.1, 0.15) is 0 Å². The molecule has 1 fully saturated rings. The number of hydrogen-bond donors (Lipinski definition) is 2. The normalized spacial score (nSPS) is 25.9. The van der Waals surface area contributed by atoms with E-state index in [4.69, 9.17) is 10.5 Å². The first kappa shape index (κ1) is 15.7. The summed E-state index contributed by atoms with van der Waals surface area (Å²) in [6, 6.07) is 3.49. The Morgan fingerprint density at radius 1 is 1.52 bits per heavy atom. The van der Waals surface area contributed by atoms with Crippen LogP contribution >= 0.6 is 0 Å². The van der Waals surface area contributed by atoms with Gasteiger partial charge in [-0.3, -0.25) is 10.1 Å². The van der Waals surface area contributed by atoms with E-state index in [2.05, 4.69) is 4.72 Å². The number of nitrogens with zero attached hydrogens (tertiary/aromatic N) is 1. The Balaban J connectivity index is 2.43. The summed E-state index contributed by atoms with van der Waals surface area (Å²) in [6.45, 7) is 3.91. The van der Waals surface area contributed by atoms with Crippen LogP contribution in [0, 0.1) is 10.1 Å². The fourth-order valence-electron chi connectivity index (χ4n) is 2.24. The molecule has 1 aliphatic heterocycles. The summed E-state index contributed by atoms with van der Waals surface area (Å²) in [6.07, 6.45) is 0.177. The molecule has 1 heterocycles. The Hall–Kier alpha value is -1.71. The maximum atomic E-state index is 12.5. The number of nitrogens with one attached hydrogen (secondary N) is 1. The number of sulfonamides is 1. The van der Waals surface area contributed by atoms with E-state index >= 15 is 0 Å². The van der Waals surface area contributed by atoms with Crippen molar-refractivity contribution in [2.75, 3.05) is 12.3 Å². The zero-order valence-corrected chi connectivity index (χ0v) is 12.5. The van der Waals surface area contributed by atoms with Crippen LogP contribution in [0.15, 0.2) is 23.1 Å². The first-order chi connectivity index (χ1) is 9.66. The highest BCUT2D eigenvalue weighted by atomic mass is 32.2. The molecule has 2 rings (SSSR count). The van der Waals surface area contributed by atoms with Gasteiger partial charge in [0, 0.05) is 18.4 Å². The summed E-state index contributed by atoms with van der Waals surface area (Å²) in [5, 5.41) is 11.0. The van der Waals surface area contributed by atoms with Crippen LogP contribution in [0.5, 0.6) is 0 Å². The van der Waals surface area contributed by atoms with Gasteiger partial charge in [-0.15, -0.1) is 0 Å². The average Bonchev–Trinajstić information content (AvgIpc) is 2.67. The number of anilines is 1. The summed E-state index contributed by atoms with van der Waals surface area (Å²) in [5.41, 5.74) is 4.27. The molecule has 0 bridgehead atoms. The zero-order chi connectivity index (χ0) is 15.8. The smallest absolute Gasteiger partial charge is 0.291 e. The molecule has 8 nitrogen and oxygen atoms in total. The van der Waals surface area contributed by atoms with E-state index in [0.29, 0.717) is 13.0 Å². The number of nitrogens with two attached hydrogens (primary N) is 1. The number of ether oxygens (including phenoxy) is 1. The summed E-state index contributed by atoms with van der Waals surface area (Å²) in [7, 11) is -4.05. The first-order valence-corrected chi connectivity index (χ1v) is 7.83. The van der Waals surface area contributed by atoms with E-state index in [1.54, 1.807) is 13.8 Å². The second-order valence-corrected chi connectivity index (χ2v) is 6.92. The number of nitro groups is 1. The molecule has 9 heteroatoms. The van der Waals surface area contributed by atoms with Gasteiger partial charge in [0.2, 0.25) is 10.0 Å². The molecule has 0 spiro atoms. The summed E-state index contributed by atoms with van der Waals surface area (Å²) in [5.74, 6) is 0. The van der Waals surface area contributed by atoms with Gasteiger partial charge in [-0.2, -0.15) is 0 Å². The number of nitrogen functional groups attached to an aromatic ring is 1. The third-order valence-electron chi connectivity index (χ3n) is 3.72. The van der Waals surface area contributed by atoms with Crippen molar-refractivity contribution in [3.05, 3.63) is 28.3 Å². The molecule has 1 saturated heterocycles. The number of rotatable bonds is 4.